The number of carbonyl (C=O) groups is 3. The van der Waals surface area contributed by atoms with Crippen LogP contribution in [0.15, 0.2) is 18.2 Å². The van der Waals surface area contributed by atoms with Crippen LogP contribution < -0.4 is 14.8 Å². The molecule has 242 valence electrons. The van der Waals surface area contributed by atoms with Crippen molar-refractivity contribution in [3.05, 3.63) is 23.9 Å². The fourth-order valence-corrected chi connectivity index (χ4v) is 6.92. The van der Waals surface area contributed by atoms with Crippen molar-refractivity contribution < 1.29 is 33.7 Å². The molecule has 1 aromatic carbocycles. The van der Waals surface area contributed by atoms with Gasteiger partial charge in [-0.25, -0.2) is 19.6 Å². The zero-order valence-electron chi connectivity index (χ0n) is 26.7. The summed E-state index contributed by atoms with van der Waals surface area (Å²) in [5.74, 6) is 1.69. The first kappa shape index (κ1) is 32.3. The Bertz CT molecular complexity index is 1480. The van der Waals surface area contributed by atoms with Crippen molar-refractivity contribution >= 4 is 29.0 Å². The highest BCUT2D eigenvalue weighted by molar-refractivity contribution is 5.90. The van der Waals surface area contributed by atoms with Crippen molar-refractivity contribution in [2.75, 3.05) is 13.7 Å². The minimum Gasteiger partial charge on any atom is -0.497 e. The maximum Gasteiger partial charge on any atom is 0.408 e. The van der Waals surface area contributed by atoms with Crippen molar-refractivity contribution in [3.63, 3.8) is 0 Å². The minimum absolute atomic E-state index is 0.00604. The number of hydrogen-bond donors (Lipinski definition) is 2. The van der Waals surface area contributed by atoms with E-state index in [9.17, 15) is 19.5 Å². The van der Waals surface area contributed by atoms with Gasteiger partial charge in [0.15, 0.2) is 0 Å². The molecule has 1 aromatic heterocycles. The van der Waals surface area contributed by atoms with Crippen LogP contribution in [0.5, 0.6) is 11.6 Å². The van der Waals surface area contributed by atoms with Gasteiger partial charge < -0.3 is 29.5 Å². The maximum absolute atomic E-state index is 14.1. The van der Waals surface area contributed by atoms with Crippen LogP contribution in [0.2, 0.25) is 0 Å². The molecule has 2 aliphatic heterocycles. The molecule has 3 aliphatic rings. The van der Waals surface area contributed by atoms with Crippen molar-refractivity contribution in [1.29, 1.82) is 0 Å². The molecule has 0 radical (unpaired) electrons. The highest BCUT2D eigenvalue weighted by atomic mass is 16.6. The number of benzene rings is 1. The molecule has 5 rings (SSSR count). The molecule has 3 heterocycles. The molecule has 7 atom stereocenters. The molecule has 0 spiro atoms. The number of nitrogens with zero attached hydrogens (tertiary/aromatic N) is 3. The Morgan fingerprint density at radius 1 is 1.11 bits per heavy atom. The van der Waals surface area contributed by atoms with Crippen molar-refractivity contribution in [3.8, 4) is 24.0 Å². The number of fused-ring (bicyclic) bond motifs is 5. The number of carboxylic acid groups (broad SMARTS) is 1. The Kier molecular flexibility index (Phi) is 9.42. The highest BCUT2D eigenvalue weighted by Gasteiger charge is 2.50. The Labute approximate surface area is 264 Å². The van der Waals surface area contributed by atoms with Gasteiger partial charge in [-0.3, -0.25) is 4.79 Å². The Morgan fingerprint density at radius 3 is 2.58 bits per heavy atom. The van der Waals surface area contributed by atoms with Gasteiger partial charge >= 0.3 is 12.1 Å². The normalized spacial score (nSPS) is 29.7. The molecule has 1 aliphatic carbocycles. The van der Waals surface area contributed by atoms with Crippen molar-refractivity contribution in [2.24, 2.45) is 23.2 Å². The predicted molar refractivity (Wildman–Crippen MR) is 167 cm³/mol. The second-order valence-electron chi connectivity index (χ2n) is 13.7. The van der Waals surface area contributed by atoms with Crippen molar-refractivity contribution in [1.82, 2.24) is 20.2 Å². The monoisotopic (exact) mass is 620 g/mol. The molecule has 2 bridgehead atoms. The summed E-state index contributed by atoms with van der Waals surface area (Å²) in [7, 11) is 1.58. The van der Waals surface area contributed by atoms with E-state index in [0.29, 0.717) is 41.2 Å². The Morgan fingerprint density at radius 2 is 1.89 bits per heavy atom. The van der Waals surface area contributed by atoms with E-state index in [0.717, 1.165) is 32.1 Å². The minimum atomic E-state index is -1.17. The lowest BCUT2D eigenvalue weighted by atomic mass is 9.85. The quantitative estimate of drug-likeness (QED) is 0.461. The topological polar surface area (TPSA) is 140 Å². The SMILES string of the molecule is C#C[C@@H]1C[C@H]2CCCCCc3nc4ccc(OC)cc4nc3O[C@H]3CN(C(=O)[C@H](C(C)(C)C)NC(=O)O[C@@H]2C1)[C@H](C(=O)O)[C@@H]3C. The van der Waals surface area contributed by atoms with E-state index in [-0.39, 0.29) is 24.5 Å². The summed E-state index contributed by atoms with van der Waals surface area (Å²) in [6, 6.07) is 3.27. The van der Waals surface area contributed by atoms with Gasteiger partial charge in [0, 0.05) is 17.9 Å². The first-order valence-corrected chi connectivity index (χ1v) is 15.9. The average molecular weight is 621 g/mol. The maximum atomic E-state index is 14.1. The van der Waals surface area contributed by atoms with Crippen LogP contribution in [0.25, 0.3) is 11.0 Å². The molecule has 2 fully saturated rings. The number of hydrogen-bond acceptors (Lipinski definition) is 8. The molecule has 0 unspecified atom stereocenters. The number of nitrogens with one attached hydrogen (secondary N) is 1. The number of methoxy groups -OCH3 is 1. The van der Waals surface area contributed by atoms with E-state index in [1.165, 1.54) is 4.90 Å². The molecule has 2 N–H and O–H groups in total. The molecule has 2 aromatic rings. The van der Waals surface area contributed by atoms with Crippen LogP contribution in [0, 0.1) is 35.5 Å². The summed E-state index contributed by atoms with van der Waals surface area (Å²) >= 11 is 0. The van der Waals surface area contributed by atoms with Gasteiger partial charge in [-0.2, -0.15) is 0 Å². The lowest BCUT2D eigenvalue weighted by Crippen LogP contribution is -2.57. The van der Waals surface area contributed by atoms with Gasteiger partial charge in [-0.15, -0.1) is 12.3 Å². The molecule has 1 saturated heterocycles. The number of terminal acetylenes is 1. The lowest BCUT2D eigenvalue weighted by molar-refractivity contribution is -0.151. The number of alkyl carbamates (subject to hydrolysis) is 1. The van der Waals surface area contributed by atoms with Crippen LogP contribution >= 0.6 is 0 Å². The Balaban J connectivity index is 1.53. The number of aryl methyl sites for hydroxylation is 1. The zero-order chi connectivity index (χ0) is 32.5. The predicted octanol–water partition coefficient (Wildman–Crippen LogP) is 4.60. The molecule has 45 heavy (non-hydrogen) atoms. The van der Waals surface area contributed by atoms with E-state index in [1.807, 2.05) is 32.9 Å². The van der Waals surface area contributed by atoms with Gasteiger partial charge in [0.05, 0.1) is 24.7 Å². The number of rotatable bonds is 2. The van der Waals surface area contributed by atoms with Gasteiger partial charge in [0.1, 0.15) is 35.7 Å². The number of carboxylic acids is 1. The third kappa shape index (κ3) is 6.95. The Hall–Kier alpha value is -4.07. The second-order valence-corrected chi connectivity index (χ2v) is 13.7. The van der Waals surface area contributed by atoms with Gasteiger partial charge in [0.25, 0.3) is 0 Å². The third-order valence-electron chi connectivity index (χ3n) is 9.49. The van der Waals surface area contributed by atoms with Crippen LogP contribution in [0.4, 0.5) is 4.79 Å². The van der Waals surface area contributed by atoms with E-state index < -0.39 is 47.5 Å². The van der Waals surface area contributed by atoms with Crippen LogP contribution in [-0.2, 0) is 20.7 Å². The van der Waals surface area contributed by atoms with Crippen LogP contribution in [0.3, 0.4) is 0 Å². The number of carbonyl (C=O) groups excluding carboxylic acids is 2. The first-order valence-electron chi connectivity index (χ1n) is 15.9. The summed E-state index contributed by atoms with van der Waals surface area (Å²) in [4.78, 5) is 51.0. The average Bonchev–Trinajstić information content (AvgIpc) is 3.53. The molecule has 2 amide bonds. The van der Waals surface area contributed by atoms with Crippen LogP contribution in [-0.4, -0.2) is 75.9 Å². The summed E-state index contributed by atoms with van der Waals surface area (Å²) in [6.45, 7) is 7.23. The largest absolute Gasteiger partial charge is 0.497 e. The molecule has 11 nitrogen and oxygen atoms in total. The summed E-state index contributed by atoms with van der Waals surface area (Å²) in [6.07, 6.45) is 9.55. The van der Waals surface area contributed by atoms with Gasteiger partial charge in [-0.05, 0) is 55.6 Å². The smallest absolute Gasteiger partial charge is 0.408 e. The number of aromatic nitrogens is 2. The summed E-state index contributed by atoms with van der Waals surface area (Å²) in [5.41, 5.74) is 1.24. The number of aliphatic carboxylic acids is 1. The fourth-order valence-electron chi connectivity index (χ4n) is 6.92. The van der Waals surface area contributed by atoms with E-state index >= 15 is 0 Å². The van der Waals surface area contributed by atoms with Gasteiger partial charge in [-0.1, -0.05) is 40.5 Å². The van der Waals surface area contributed by atoms with Crippen molar-refractivity contribution in [2.45, 2.75) is 96.9 Å². The zero-order valence-corrected chi connectivity index (χ0v) is 26.7. The molecular formula is C34H44N4O7. The first-order chi connectivity index (χ1) is 21.4. The third-order valence-corrected chi connectivity index (χ3v) is 9.49. The molecule has 1 saturated carbocycles. The van der Waals surface area contributed by atoms with E-state index in [1.54, 1.807) is 20.1 Å². The number of amides is 2. The number of ether oxygens (including phenoxy) is 3. The summed E-state index contributed by atoms with van der Waals surface area (Å²) < 4.78 is 17.8. The molecule has 11 heteroatoms. The fraction of sp³-hybridized carbons (Fsp3) is 0.618. The standard InChI is InChI=1S/C34H44N4O7/c1-7-20-15-21-11-9-8-10-12-24-30(36-25-17-22(43-6)13-14-23(25)35-24)44-27-18-38(28(19(27)2)32(40)41)31(39)29(34(3,4)5)37-33(42)45-26(21)16-20/h1,13-14,17,19-21,26-29H,8-12,15-16,18H2,2-6H3,(H,37,42)(H,40,41)/t19-,20-,21-,26-,27+,28+,29-/m1/s1. The van der Waals surface area contributed by atoms with Crippen LogP contribution in [0.1, 0.15) is 71.9 Å². The van der Waals surface area contributed by atoms with Gasteiger partial charge in [0.2, 0.25) is 11.8 Å². The summed E-state index contributed by atoms with van der Waals surface area (Å²) in [5, 5.41) is 13.1. The lowest BCUT2D eigenvalue weighted by Gasteiger charge is -2.35. The van der Waals surface area contributed by atoms with E-state index in [2.05, 4.69) is 11.2 Å². The molecular weight excluding hydrogens is 576 g/mol. The second kappa shape index (κ2) is 13.1. The highest BCUT2D eigenvalue weighted by Crippen LogP contribution is 2.38. The van der Waals surface area contributed by atoms with E-state index in [4.69, 9.17) is 30.6 Å².